The van der Waals surface area contributed by atoms with E-state index in [-0.39, 0.29) is 0 Å². The Morgan fingerprint density at radius 3 is 2.00 bits per heavy atom. The average Bonchev–Trinajstić information content (AvgIpc) is 2.39. The topological polar surface area (TPSA) is 76.7 Å². The van der Waals surface area contributed by atoms with Gasteiger partial charge in [-0.2, -0.15) is 0 Å². The molecule has 0 saturated heterocycles. The molecular formula is C12H26N2O4. The molecule has 0 saturated carbocycles. The smallest absolute Gasteiger partial charge is 0.207 e. The highest BCUT2D eigenvalue weighted by Crippen LogP contribution is 1.77. The zero-order chi connectivity index (χ0) is 13.9. The van der Waals surface area contributed by atoms with Crippen LogP contribution in [-0.4, -0.2) is 59.3 Å². The molecule has 0 heterocycles. The highest BCUT2D eigenvalue weighted by Gasteiger charge is 1.88. The first-order chi connectivity index (χ1) is 8.83. The molecule has 0 aliphatic heterocycles. The molecule has 6 heteroatoms. The molecule has 0 spiro atoms. The third-order valence-corrected chi connectivity index (χ3v) is 1.75. The summed E-state index contributed by atoms with van der Waals surface area (Å²) in [6.07, 6.45) is 3.27. The zero-order valence-corrected chi connectivity index (χ0v) is 11.4. The Kier molecular flexibility index (Phi) is 22.9. The van der Waals surface area contributed by atoms with Crippen LogP contribution in [0.5, 0.6) is 0 Å². The molecule has 0 atom stereocenters. The molecular weight excluding hydrogens is 236 g/mol. The second-order valence-corrected chi connectivity index (χ2v) is 3.36. The fraction of sp³-hybridized carbons (Fsp3) is 0.833. The van der Waals surface area contributed by atoms with E-state index in [2.05, 4.69) is 10.6 Å². The first kappa shape index (κ1) is 19.4. The van der Waals surface area contributed by atoms with Crippen molar-refractivity contribution in [1.29, 1.82) is 0 Å². The van der Waals surface area contributed by atoms with Gasteiger partial charge in [-0.1, -0.05) is 6.92 Å². The van der Waals surface area contributed by atoms with Crippen LogP contribution >= 0.6 is 0 Å². The first-order valence-electron chi connectivity index (χ1n) is 6.24. The van der Waals surface area contributed by atoms with Gasteiger partial charge >= 0.3 is 0 Å². The predicted molar refractivity (Wildman–Crippen MR) is 70.6 cm³/mol. The third kappa shape index (κ3) is 24.3. The highest BCUT2D eigenvalue weighted by atomic mass is 16.5. The minimum atomic E-state index is 0.536. The molecule has 0 aromatic rings. The SMILES string of the molecule is CCCC=O.CNCCOCCOCCNC=O. The van der Waals surface area contributed by atoms with Crippen LogP contribution in [0.2, 0.25) is 0 Å². The van der Waals surface area contributed by atoms with E-state index < -0.39 is 0 Å². The maximum absolute atomic E-state index is 9.81. The zero-order valence-electron chi connectivity index (χ0n) is 11.4. The van der Waals surface area contributed by atoms with Crippen molar-refractivity contribution in [3.8, 4) is 0 Å². The van der Waals surface area contributed by atoms with Crippen LogP contribution in [0, 0.1) is 0 Å². The van der Waals surface area contributed by atoms with Crippen molar-refractivity contribution in [2.45, 2.75) is 19.8 Å². The van der Waals surface area contributed by atoms with Crippen LogP contribution in [0.25, 0.3) is 0 Å². The van der Waals surface area contributed by atoms with Crippen molar-refractivity contribution >= 4 is 12.7 Å². The van der Waals surface area contributed by atoms with Gasteiger partial charge in [0.05, 0.1) is 26.4 Å². The van der Waals surface area contributed by atoms with E-state index in [4.69, 9.17) is 9.47 Å². The van der Waals surface area contributed by atoms with Gasteiger partial charge in [-0.15, -0.1) is 0 Å². The molecule has 1 amide bonds. The van der Waals surface area contributed by atoms with Crippen LogP contribution in [0.4, 0.5) is 0 Å². The number of hydrogen-bond donors (Lipinski definition) is 2. The lowest BCUT2D eigenvalue weighted by Gasteiger charge is -2.04. The molecule has 0 aromatic carbocycles. The van der Waals surface area contributed by atoms with E-state index in [0.717, 1.165) is 19.3 Å². The molecule has 0 fully saturated rings. The summed E-state index contributed by atoms with van der Waals surface area (Å²) < 4.78 is 10.4. The van der Waals surface area contributed by atoms with E-state index in [9.17, 15) is 9.59 Å². The summed E-state index contributed by atoms with van der Waals surface area (Å²) in [5.74, 6) is 0. The van der Waals surface area contributed by atoms with E-state index in [1.54, 1.807) is 0 Å². The molecule has 108 valence electrons. The normalized spacial score (nSPS) is 9.22. The molecule has 0 aliphatic rings. The average molecular weight is 262 g/mol. The second-order valence-electron chi connectivity index (χ2n) is 3.36. The Balaban J connectivity index is 0. The Morgan fingerprint density at radius 2 is 1.61 bits per heavy atom. The molecule has 0 rings (SSSR count). The summed E-state index contributed by atoms with van der Waals surface area (Å²) in [6, 6.07) is 0. The number of carbonyl (C=O) groups is 2. The molecule has 6 nitrogen and oxygen atoms in total. The van der Waals surface area contributed by atoms with Gasteiger partial charge in [-0.05, 0) is 13.5 Å². The summed E-state index contributed by atoms with van der Waals surface area (Å²) in [4.78, 5) is 19.2. The monoisotopic (exact) mass is 262 g/mol. The number of unbranched alkanes of at least 4 members (excludes halogenated alkanes) is 1. The van der Waals surface area contributed by atoms with Crippen molar-refractivity contribution in [1.82, 2.24) is 10.6 Å². The summed E-state index contributed by atoms with van der Waals surface area (Å²) >= 11 is 0. The lowest BCUT2D eigenvalue weighted by atomic mass is 10.4. The number of rotatable bonds is 12. The Labute approximate surface area is 109 Å². The Hall–Kier alpha value is -0.980. The quantitative estimate of drug-likeness (QED) is 0.381. The molecule has 2 N–H and O–H groups in total. The Bertz CT molecular complexity index is 168. The molecule has 0 unspecified atom stereocenters. The van der Waals surface area contributed by atoms with E-state index >= 15 is 0 Å². The summed E-state index contributed by atoms with van der Waals surface area (Å²) in [5, 5.41) is 5.47. The number of amides is 1. The van der Waals surface area contributed by atoms with Crippen molar-refractivity contribution in [2.75, 3.05) is 46.6 Å². The fourth-order valence-corrected chi connectivity index (χ4v) is 0.804. The summed E-state index contributed by atoms with van der Waals surface area (Å²) in [5.41, 5.74) is 0. The predicted octanol–water partition coefficient (Wildman–Crippen LogP) is -0.0296. The standard InChI is InChI=1S/C8H18N2O3.C4H8O/c1-9-2-4-12-6-7-13-5-3-10-8-11;1-2-3-4-5/h8-9H,2-7H2,1H3,(H,10,11);4H,2-3H2,1H3. The molecule has 18 heavy (non-hydrogen) atoms. The van der Waals surface area contributed by atoms with E-state index in [1.807, 2.05) is 14.0 Å². The molecule has 0 aromatic heterocycles. The number of nitrogens with one attached hydrogen (secondary N) is 2. The van der Waals surface area contributed by atoms with Crippen LogP contribution in [0.15, 0.2) is 0 Å². The van der Waals surface area contributed by atoms with E-state index in [0.29, 0.717) is 45.8 Å². The van der Waals surface area contributed by atoms with Gasteiger partial charge in [0.1, 0.15) is 6.29 Å². The van der Waals surface area contributed by atoms with Crippen LogP contribution in [0.1, 0.15) is 19.8 Å². The Morgan fingerprint density at radius 1 is 1.00 bits per heavy atom. The number of hydrogen-bond acceptors (Lipinski definition) is 5. The summed E-state index contributed by atoms with van der Waals surface area (Å²) in [7, 11) is 1.88. The maximum atomic E-state index is 9.81. The molecule has 0 aliphatic carbocycles. The van der Waals surface area contributed by atoms with Crippen LogP contribution in [0.3, 0.4) is 0 Å². The number of carbonyl (C=O) groups excluding carboxylic acids is 2. The highest BCUT2D eigenvalue weighted by molar-refractivity contribution is 5.48. The number of ether oxygens (including phenoxy) is 2. The first-order valence-corrected chi connectivity index (χ1v) is 6.24. The lowest BCUT2D eigenvalue weighted by molar-refractivity contribution is -0.110. The van der Waals surface area contributed by atoms with Crippen LogP contribution in [-0.2, 0) is 19.1 Å². The number of aldehydes is 1. The fourth-order valence-electron chi connectivity index (χ4n) is 0.804. The van der Waals surface area contributed by atoms with Gasteiger partial charge in [0.25, 0.3) is 0 Å². The number of likely N-dealkylation sites (N-methyl/N-ethyl adjacent to an activating group) is 1. The minimum absolute atomic E-state index is 0.536. The molecule has 0 bridgehead atoms. The van der Waals surface area contributed by atoms with Gasteiger partial charge in [0.15, 0.2) is 0 Å². The largest absolute Gasteiger partial charge is 0.378 e. The van der Waals surface area contributed by atoms with Crippen molar-refractivity contribution < 1.29 is 19.1 Å². The van der Waals surface area contributed by atoms with Crippen molar-refractivity contribution in [3.05, 3.63) is 0 Å². The summed E-state index contributed by atoms with van der Waals surface area (Å²) in [6.45, 7) is 5.80. The van der Waals surface area contributed by atoms with Gasteiger partial charge in [-0.3, -0.25) is 4.79 Å². The lowest BCUT2D eigenvalue weighted by Crippen LogP contribution is -2.20. The van der Waals surface area contributed by atoms with Gasteiger partial charge in [0.2, 0.25) is 6.41 Å². The third-order valence-electron chi connectivity index (χ3n) is 1.75. The van der Waals surface area contributed by atoms with Crippen molar-refractivity contribution in [3.63, 3.8) is 0 Å². The minimum Gasteiger partial charge on any atom is -0.378 e. The van der Waals surface area contributed by atoms with Crippen molar-refractivity contribution in [2.24, 2.45) is 0 Å². The van der Waals surface area contributed by atoms with E-state index in [1.165, 1.54) is 0 Å². The molecule has 0 radical (unpaired) electrons. The van der Waals surface area contributed by atoms with Gasteiger partial charge in [0, 0.05) is 19.5 Å². The second kappa shape index (κ2) is 21.3. The maximum Gasteiger partial charge on any atom is 0.207 e. The van der Waals surface area contributed by atoms with Gasteiger partial charge in [-0.25, -0.2) is 0 Å². The van der Waals surface area contributed by atoms with Gasteiger partial charge < -0.3 is 24.9 Å². The van der Waals surface area contributed by atoms with Crippen LogP contribution < -0.4 is 10.6 Å².